The first kappa shape index (κ1) is 25.9. The molecule has 2 aromatic carbocycles. The molecule has 9 heteroatoms. The minimum Gasteiger partial charge on any atom is -0.496 e. The van der Waals surface area contributed by atoms with Crippen molar-refractivity contribution in [2.75, 3.05) is 13.7 Å². The number of allylic oxidation sites excluding steroid dienone is 1. The summed E-state index contributed by atoms with van der Waals surface area (Å²) in [7, 11) is 1.60. The fourth-order valence-electron chi connectivity index (χ4n) is 4.08. The Labute approximate surface area is 221 Å². The third-order valence-corrected chi connectivity index (χ3v) is 7.17. The van der Waals surface area contributed by atoms with Gasteiger partial charge in [-0.05, 0) is 73.5 Å². The average molecular weight is 571 g/mol. The molecule has 0 amide bonds. The van der Waals surface area contributed by atoms with Crippen LogP contribution in [0.1, 0.15) is 44.9 Å². The van der Waals surface area contributed by atoms with Gasteiger partial charge in [-0.1, -0.05) is 35.6 Å². The average Bonchev–Trinajstić information content (AvgIpc) is 3.13. The van der Waals surface area contributed by atoms with Crippen molar-refractivity contribution >= 4 is 39.3 Å². The third-order valence-electron chi connectivity index (χ3n) is 5.57. The van der Waals surface area contributed by atoms with Gasteiger partial charge in [-0.25, -0.2) is 9.79 Å². The van der Waals surface area contributed by atoms with E-state index in [9.17, 15) is 9.59 Å². The van der Waals surface area contributed by atoms with E-state index in [2.05, 4.69) is 20.9 Å². The van der Waals surface area contributed by atoms with Crippen molar-refractivity contribution in [3.8, 4) is 11.5 Å². The summed E-state index contributed by atoms with van der Waals surface area (Å²) in [4.78, 5) is 32.1. The van der Waals surface area contributed by atoms with Gasteiger partial charge in [0.2, 0.25) is 0 Å². The number of halogens is 1. The molecule has 188 valence electrons. The van der Waals surface area contributed by atoms with E-state index >= 15 is 0 Å². The van der Waals surface area contributed by atoms with Gasteiger partial charge in [-0.3, -0.25) is 9.36 Å². The van der Waals surface area contributed by atoms with Crippen LogP contribution in [0.3, 0.4) is 0 Å². The van der Waals surface area contributed by atoms with E-state index in [-0.39, 0.29) is 18.3 Å². The van der Waals surface area contributed by atoms with Gasteiger partial charge in [0.1, 0.15) is 17.5 Å². The summed E-state index contributed by atoms with van der Waals surface area (Å²) < 4.78 is 19.6. The normalized spacial score (nSPS) is 15.5. The largest absolute Gasteiger partial charge is 0.496 e. The number of para-hydroxylation sites is 1. The van der Waals surface area contributed by atoms with Crippen molar-refractivity contribution in [1.29, 1.82) is 0 Å². The molecule has 3 aromatic rings. The first-order valence-electron chi connectivity index (χ1n) is 11.5. The fraction of sp³-hybridized carbons (Fsp3) is 0.296. The van der Waals surface area contributed by atoms with Crippen molar-refractivity contribution in [3.63, 3.8) is 0 Å². The second kappa shape index (κ2) is 10.8. The zero-order valence-corrected chi connectivity index (χ0v) is 23.1. The first-order chi connectivity index (χ1) is 17.2. The lowest BCUT2D eigenvalue weighted by molar-refractivity contribution is -0.139. The molecule has 0 saturated heterocycles. The molecule has 0 saturated carbocycles. The summed E-state index contributed by atoms with van der Waals surface area (Å²) in [6.45, 7) is 7.60. The highest BCUT2D eigenvalue weighted by Crippen LogP contribution is 2.36. The Hall–Kier alpha value is -3.17. The van der Waals surface area contributed by atoms with Crippen LogP contribution in [-0.4, -0.2) is 30.4 Å². The number of benzene rings is 2. The molecule has 0 radical (unpaired) electrons. The summed E-state index contributed by atoms with van der Waals surface area (Å²) in [6, 6.07) is 12.3. The van der Waals surface area contributed by atoms with Crippen molar-refractivity contribution in [2.45, 2.75) is 39.8 Å². The Morgan fingerprint density at radius 3 is 2.64 bits per heavy atom. The van der Waals surface area contributed by atoms with Gasteiger partial charge < -0.3 is 14.2 Å². The molecule has 1 aromatic heterocycles. The Bertz CT molecular complexity index is 1520. The summed E-state index contributed by atoms with van der Waals surface area (Å²) >= 11 is 4.77. The minimum atomic E-state index is -0.736. The molecular weight excluding hydrogens is 544 g/mol. The molecule has 0 unspecified atom stereocenters. The number of nitrogens with zero attached hydrogens (tertiary/aromatic N) is 2. The smallest absolute Gasteiger partial charge is 0.338 e. The van der Waals surface area contributed by atoms with Gasteiger partial charge in [0.25, 0.3) is 5.56 Å². The number of esters is 1. The van der Waals surface area contributed by atoms with Crippen LogP contribution in [0, 0.1) is 0 Å². The van der Waals surface area contributed by atoms with Crippen molar-refractivity contribution in [3.05, 3.63) is 89.0 Å². The molecular formula is C27H27BrN2O5S. The fourth-order valence-corrected chi connectivity index (χ4v) is 5.68. The lowest BCUT2D eigenvalue weighted by Crippen LogP contribution is -2.40. The van der Waals surface area contributed by atoms with Gasteiger partial charge >= 0.3 is 5.97 Å². The molecule has 36 heavy (non-hydrogen) atoms. The number of hydrogen-bond donors (Lipinski definition) is 0. The highest BCUT2D eigenvalue weighted by atomic mass is 79.9. The number of ether oxygens (including phenoxy) is 3. The molecule has 0 spiro atoms. The van der Waals surface area contributed by atoms with Gasteiger partial charge in [0.15, 0.2) is 4.80 Å². The van der Waals surface area contributed by atoms with Gasteiger partial charge in [0.05, 0.1) is 40.1 Å². The van der Waals surface area contributed by atoms with E-state index in [0.717, 1.165) is 10.0 Å². The van der Waals surface area contributed by atoms with Crippen molar-refractivity contribution in [2.24, 2.45) is 4.99 Å². The predicted molar refractivity (Wildman–Crippen MR) is 143 cm³/mol. The highest BCUT2D eigenvalue weighted by Gasteiger charge is 2.35. The van der Waals surface area contributed by atoms with Crippen LogP contribution in [0.4, 0.5) is 0 Å². The second-order valence-electron chi connectivity index (χ2n) is 8.40. The van der Waals surface area contributed by atoms with Crippen LogP contribution in [0.15, 0.2) is 68.0 Å². The molecule has 0 bridgehead atoms. The molecule has 1 aliphatic rings. The zero-order chi connectivity index (χ0) is 26.0. The molecule has 0 fully saturated rings. The maximum absolute atomic E-state index is 13.8. The summed E-state index contributed by atoms with van der Waals surface area (Å²) in [5, 5.41) is 0. The zero-order valence-electron chi connectivity index (χ0n) is 20.7. The monoisotopic (exact) mass is 570 g/mol. The number of carbonyl (C=O) groups is 1. The Kier molecular flexibility index (Phi) is 7.80. The van der Waals surface area contributed by atoms with Crippen LogP contribution >= 0.6 is 27.3 Å². The Morgan fingerprint density at radius 1 is 1.22 bits per heavy atom. The Morgan fingerprint density at radius 2 is 1.97 bits per heavy atom. The predicted octanol–water partition coefficient (Wildman–Crippen LogP) is 4.36. The van der Waals surface area contributed by atoms with E-state index in [1.54, 1.807) is 25.5 Å². The number of hydrogen-bond acceptors (Lipinski definition) is 7. The summed E-state index contributed by atoms with van der Waals surface area (Å²) in [5.41, 5.74) is 2.11. The van der Waals surface area contributed by atoms with E-state index in [1.165, 1.54) is 11.3 Å². The van der Waals surface area contributed by atoms with Crippen molar-refractivity contribution < 1.29 is 19.0 Å². The summed E-state index contributed by atoms with van der Waals surface area (Å²) in [5.74, 6) is 0.796. The number of carbonyl (C=O) groups excluding carboxylic acids is 1. The van der Waals surface area contributed by atoms with Gasteiger partial charge in [-0.2, -0.15) is 0 Å². The number of aromatic nitrogens is 1. The first-order valence-corrected chi connectivity index (χ1v) is 13.1. The maximum Gasteiger partial charge on any atom is 0.338 e. The van der Waals surface area contributed by atoms with E-state index < -0.39 is 12.0 Å². The summed E-state index contributed by atoms with van der Waals surface area (Å²) in [6.07, 6.45) is 1.72. The van der Waals surface area contributed by atoms with Crippen LogP contribution in [0.5, 0.6) is 11.5 Å². The molecule has 4 rings (SSSR count). The van der Waals surface area contributed by atoms with Gasteiger partial charge in [0, 0.05) is 5.56 Å². The molecule has 2 heterocycles. The maximum atomic E-state index is 13.8. The van der Waals surface area contributed by atoms with Crippen LogP contribution in [0.25, 0.3) is 6.08 Å². The number of rotatable bonds is 7. The van der Waals surface area contributed by atoms with E-state index in [0.29, 0.717) is 37.7 Å². The lowest BCUT2D eigenvalue weighted by atomic mass is 9.95. The number of methoxy groups -OCH3 is 1. The minimum absolute atomic E-state index is 0.0911. The van der Waals surface area contributed by atoms with E-state index in [4.69, 9.17) is 14.2 Å². The van der Waals surface area contributed by atoms with E-state index in [1.807, 2.05) is 62.4 Å². The topological polar surface area (TPSA) is 79.1 Å². The molecule has 0 N–H and O–H groups in total. The van der Waals surface area contributed by atoms with Crippen LogP contribution in [0.2, 0.25) is 0 Å². The number of fused-ring (bicyclic) bond motifs is 1. The van der Waals surface area contributed by atoms with Gasteiger partial charge in [-0.15, -0.1) is 0 Å². The SMILES string of the molecule is CCOC(=O)C1=C(C)N=c2s/c(=C/c3ccc(OC)c(Br)c3)c(=O)n2[C@@H]1c1ccccc1OC(C)C. The standard InChI is InChI=1S/C27H27BrN2O5S/c1-6-34-26(32)23-16(4)29-27-30(24(23)18-9-7-8-10-20(18)35-15(2)3)25(31)22(36-27)14-17-11-12-21(33-5)19(28)13-17/h7-15,24H,6H2,1-5H3/b22-14+/t24-/m1/s1. The lowest BCUT2D eigenvalue weighted by Gasteiger charge is -2.26. The van der Waals surface area contributed by atoms with Crippen LogP contribution in [-0.2, 0) is 9.53 Å². The molecule has 0 aliphatic carbocycles. The molecule has 1 aliphatic heterocycles. The molecule has 1 atom stereocenters. The van der Waals surface area contributed by atoms with Crippen molar-refractivity contribution in [1.82, 2.24) is 4.57 Å². The quantitative estimate of drug-likeness (QED) is 0.394. The number of thiazole rings is 1. The van der Waals surface area contributed by atoms with Crippen LogP contribution < -0.4 is 24.4 Å². The molecule has 7 nitrogen and oxygen atoms in total. The second-order valence-corrected chi connectivity index (χ2v) is 10.3. The Balaban J connectivity index is 1.96. The third kappa shape index (κ3) is 5.03. The highest BCUT2D eigenvalue weighted by molar-refractivity contribution is 9.10.